The Morgan fingerprint density at radius 2 is 2.13 bits per heavy atom. The number of aliphatic hydroxyl groups excluding tert-OH is 3. The van der Waals surface area contributed by atoms with Gasteiger partial charge < -0.3 is 20.1 Å². The zero-order valence-corrected chi connectivity index (χ0v) is 9.22. The second-order valence-corrected chi connectivity index (χ2v) is 4.86. The molecule has 0 saturated carbocycles. The molecule has 0 spiro atoms. The lowest BCUT2D eigenvalue weighted by Gasteiger charge is -2.37. The molecule has 0 amide bonds. The van der Waals surface area contributed by atoms with E-state index in [0.29, 0.717) is 0 Å². The second kappa shape index (κ2) is 4.39. The first-order valence-electron chi connectivity index (χ1n) is 5.03. The van der Waals surface area contributed by atoms with E-state index in [0.717, 1.165) is 11.5 Å². The number of hydrogen-bond acceptors (Lipinski definition) is 6. The van der Waals surface area contributed by atoms with Crippen molar-refractivity contribution in [1.82, 2.24) is 0 Å². The van der Waals surface area contributed by atoms with E-state index in [1.54, 1.807) is 0 Å². The minimum absolute atomic E-state index is 0.268. The van der Waals surface area contributed by atoms with Crippen LogP contribution in [0.2, 0.25) is 0 Å². The zero-order valence-electron chi connectivity index (χ0n) is 8.41. The fraction of sp³-hybridized carbons (Fsp3) is 0.889. The van der Waals surface area contributed by atoms with Gasteiger partial charge in [0, 0.05) is 0 Å². The number of hydrogen-bond donors (Lipinski definition) is 3. The van der Waals surface area contributed by atoms with Gasteiger partial charge in [-0.05, 0) is 6.42 Å². The Labute approximate surface area is 92.2 Å². The lowest BCUT2D eigenvalue weighted by Crippen LogP contribution is -2.55. The van der Waals surface area contributed by atoms with Crippen molar-refractivity contribution in [2.45, 2.75) is 43.1 Å². The summed E-state index contributed by atoms with van der Waals surface area (Å²) >= 11 is 1.47. The van der Waals surface area contributed by atoms with Gasteiger partial charge in [-0.2, -0.15) is 0 Å². The highest BCUT2D eigenvalue weighted by Gasteiger charge is 2.47. The predicted molar refractivity (Wildman–Crippen MR) is 56.9 cm³/mol. The van der Waals surface area contributed by atoms with E-state index < -0.39 is 24.4 Å². The van der Waals surface area contributed by atoms with Crippen molar-refractivity contribution in [3.63, 3.8) is 0 Å². The van der Waals surface area contributed by atoms with Crippen molar-refractivity contribution in [2.24, 2.45) is 4.99 Å². The van der Waals surface area contributed by atoms with E-state index in [1.165, 1.54) is 11.8 Å². The van der Waals surface area contributed by atoms with Crippen LogP contribution in [-0.4, -0.2) is 56.8 Å². The number of rotatable bonds is 2. The molecule has 0 aliphatic carbocycles. The molecule has 2 heterocycles. The number of aliphatic hydroxyl groups is 3. The van der Waals surface area contributed by atoms with Gasteiger partial charge in [-0.1, -0.05) is 18.7 Å². The molecule has 3 N–H and O–H groups in total. The van der Waals surface area contributed by atoms with E-state index >= 15 is 0 Å². The molecule has 15 heavy (non-hydrogen) atoms. The summed E-state index contributed by atoms with van der Waals surface area (Å²) in [5, 5.41) is 29.3. The molecule has 1 fully saturated rings. The highest BCUT2D eigenvalue weighted by atomic mass is 32.2. The molecule has 86 valence electrons. The van der Waals surface area contributed by atoms with Crippen LogP contribution in [-0.2, 0) is 4.74 Å². The van der Waals surface area contributed by atoms with Crippen LogP contribution in [0.4, 0.5) is 0 Å². The van der Waals surface area contributed by atoms with E-state index in [2.05, 4.69) is 4.99 Å². The molecule has 0 aromatic rings. The Morgan fingerprint density at radius 1 is 1.40 bits per heavy atom. The number of aliphatic imine (C=N–C) groups is 1. The third-order valence-electron chi connectivity index (χ3n) is 2.70. The van der Waals surface area contributed by atoms with Crippen molar-refractivity contribution in [3.8, 4) is 0 Å². The van der Waals surface area contributed by atoms with Crippen LogP contribution in [0, 0.1) is 0 Å². The summed E-state index contributed by atoms with van der Waals surface area (Å²) in [6, 6.07) is -0.400. The summed E-state index contributed by atoms with van der Waals surface area (Å²) in [6.45, 7) is 1.69. The smallest absolute Gasteiger partial charge is 0.134 e. The third kappa shape index (κ3) is 1.92. The number of ether oxygens (including phenoxy) is 1. The summed E-state index contributed by atoms with van der Waals surface area (Å²) in [7, 11) is 0. The van der Waals surface area contributed by atoms with Crippen LogP contribution in [0.25, 0.3) is 0 Å². The molecular formula is C9H15NO4S. The quantitative estimate of drug-likeness (QED) is 0.590. The summed E-state index contributed by atoms with van der Waals surface area (Å²) in [5.74, 6) is 0. The standard InChI is InChI=1S/C9H15NO4S/c1-2-5-10-6-8(13)7(12)4(3-11)14-9(6)15-5/h4,6-9,11-13H,2-3H2,1H3/t4-,6-,7-,8-,9-/m1/s1. The molecule has 2 aliphatic rings. The lowest BCUT2D eigenvalue weighted by atomic mass is 9.99. The van der Waals surface area contributed by atoms with Gasteiger partial charge in [0.05, 0.1) is 11.7 Å². The van der Waals surface area contributed by atoms with Crippen molar-refractivity contribution in [3.05, 3.63) is 0 Å². The van der Waals surface area contributed by atoms with Gasteiger partial charge in [-0.15, -0.1) is 0 Å². The fourth-order valence-corrected chi connectivity index (χ4v) is 2.98. The first-order chi connectivity index (χ1) is 7.17. The Morgan fingerprint density at radius 3 is 2.73 bits per heavy atom. The molecular weight excluding hydrogens is 218 g/mol. The van der Waals surface area contributed by atoms with Crippen LogP contribution < -0.4 is 0 Å². The van der Waals surface area contributed by atoms with E-state index in [1.807, 2.05) is 6.92 Å². The summed E-state index contributed by atoms with van der Waals surface area (Å²) in [6.07, 6.45) is -1.91. The maximum Gasteiger partial charge on any atom is 0.134 e. The van der Waals surface area contributed by atoms with Gasteiger partial charge in [0.1, 0.15) is 29.8 Å². The molecule has 0 unspecified atom stereocenters. The van der Waals surface area contributed by atoms with Gasteiger partial charge in [-0.3, -0.25) is 4.99 Å². The Bertz CT molecular complexity index is 273. The average Bonchev–Trinajstić information content (AvgIpc) is 2.66. The predicted octanol–water partition coefficient (Wildman–Crippen LogP) is -0.651. The minimum Gasteiger partial charge on any atom is -0.394 e. The van der Waals surface area contributed by atoms with Crippen LogP contribution >= 0.6 is 11.8 Å². The molecule has 0 radical (unpaired) electrons. The molecule has 0 aromatic heterocycles. The second-order valence-electron chi connectivity index (χ2n) is 3.69. The number of fused-ring (bicyclic) bond motifs is 1. The number of nitrogens with zero attached hydrogens (tertiary/aromatic N) is 1. The Hall–Kier alpha value is -0.140. The Kier molecular flexibility index (Phi) is 3.32. The molecule has 2 aliphatic heterocycles. The SMILES string of the molecule is CCC1=N[C@@H]2[C@@H](O)[C@H](O)[C@@H](CO)O[C@@H]2S1. The van der Waals surface area contributed by atoms with Gasteiger partial charge >= 0.3 is 0 Å². The lowest BCUT2D eigenvalue weighted by molar-refractivity contribution is -0.164. The maximum absolute atomic E-state index is 9.80. The highest BCUT2D eigenvalue weighted by molar-refractivity contribution is 8.14. The molecule has 0 aromatic carbocycles. The van der Waals surface area contributed by atoms with Crippen LogP contribution in [0.5, 0.6) is 0 Å². The van der Waals surface area contributed by atoms with Crippen molar-refractivity contribution < 1.29 is 20.1 Å². The van der Waals surface area contributed by atoms with E-state index in [4.69, 9.17) is 9.84 Å². The van der Waals surface area contributed by atoms with Crippen molar-refractivity contribution in [1.29, 1.82) is 0 Å². The Balaban J connectivity index is 2.12. The first kappa shape index (κ1) is 11.3. The van der Waals surface area contributed by atoms with Crippen molar-refractivity contribution in [2.75, 3.05) is 6.61 Å². The van der Waals surface area contributed by atoms with E-state index in [9.17, 15) is 10.2 Å². The maximum atomic E-state index is 9.80. The van der Waals surface area contributed by atoms with Crippen LogP contribution in [0.3, 0.4) is 0 Å². The zero-order chi connectivity index (χ0) is 11.0. The molecule has 5 atom stereocenters. The third-order valence-corrected chi connectivity index (χ3v) is 3.98. The normalized spacial score (nSPS) is 45.1. The largest absolute Gasteiger partial charge is 0.394 e. The molecule has 2 rings (SSSR count). The van der Waals surface area contributed by atoms with Crippen LogP contribution in [0.1, 0.15) is 13.3 Å². The van der Waals surface area contributed by atoms with Gasteiger partial charge in [0.15, 0.2) is 0 Å². The monoisotopic (exact) mass is 233 g/mol. The summed E-state index contributed by atoms with van der Waals surface area (Å²) in [4.78, 5) is 4.29. The summed E-state index contributed by atoms with van der Waals surface area (Å²) < 4.78 is 5.46. The summed E-state index contributed by atoms with van der Waals surface area (Å²) in [5.41, 5.74) is -0.268. The van der Waals surface area contributed by atoms with Gasteiger partial charge in [-0.25, -0.2) is 0 Å². The fourth-order valence-electron chi connectivity index (χ4n) is 1.81. The molecule has 0 bridgehead atoms. The van der Waals surface area contributed by atoms with Gasteiger partial charge in [0.25, 0.3) is 0 Å². The van der Waals surface area contributed by atoms with Crippen LogP contribution in [0.15, 0.2) is 4.99 Å². The van der Waals surface area contributed by atoms with Gasteiger partial charge in [0.2, 0.25) is 0 Å². The molecule has 5 nitrogen and oxygen atoms in total. The number of thioether (sulfide) groups is 1. The first-order valence-corrected chi connectivity index (χ1v) is 5.91. The highest BCUT2D eigenvalue weighted by Crippen LogP contribution is 2.37. The van der Waals surface area contributed by atoms with Crippen molar-refractivity contribution >= 4 is 16.8 Å². The molecule has 6 heteroatoms. The minimum atomic E-state index is -1.06. The molecule has 1 saturated heterocycles. The topological polar surface area (TPSA) is 82.3 Å². The average molecular weight is 233 g/mol. The van der Waals surface area contributed by atoms with E-state index in [-0.39, 0.29) is 12.0 Å².